The fourth-order valence-corrected chi connectivity index (χ4v) is 3.04. The SMILES string of the molecule is COc1ccc(CC(c2ccccc2)C(N)Cc2ccco2)cc1. The quantitative estimate of drug-likeness (QED) is 0.710. The van der Waals surface area contributed by atoms with Gasteiger partial charge in [-0.05, 0) is 41.8 Å². The van der Waals surface area contributed by atoms with Gasteiger partial charge in [0.1, 0.15) is 11.5 Å². The van der Waals surface area contributed by atoms with Crippen molar-refractivity contribution >= 4 is 0 Å². The molecule has 0 aliphatic heterocycles. The lowest BCUT2D eigenvalue weighted by atomic mass is 9.84. The highest BCUT2D eigenvalue weighted by atomic mass is 16.5. The lowest BCUT2D eigenvalue weighted by Crippen LogP contribution is -2.32. The third kappa shape index (κ3) is 4.06. The molecular weight excluding hydrogens is 298 g/mol. The molecule has 0 amide bonds. The average Bonchev–Trinajstić information content (AvgIpc) is 3.14. The number of nitrogens with two attached hydrogens (primary N) is 1. The van der Waals surface area contributed by atoms with E-state index < -0.39 is 0 Å². The summed E-state index contributed by atoms with van der Waals surface area (Å²) < 4.78 is 10.7. The third-order valence-electron chi connectivity index (χ3n) is 4.38. The van der Waals surface area contributed by atoms with E-state index in [9.17, 15) is 0 Å². The summed E-state index contributed by atoms with van der Waals surface area (Å²) in [6.07, 6.45) is 3.31. The van der Waals surface area contributed by atoms with E-state index in [1.165, 1.54) is 11.1 Å². The Kier molecular flexibility index (Phi) is 5.34. The molecule has 1 heterocycles. The highest BCUT2D eigenvalue weighted by Crippen LogP contribution is 2.26. The van der Waals surface area contributed by atoms with Crippen LogP contribution in [0.4, 0.5) is 0 Å². The molecule has 3 aromatic rings. The van der Waals surface area contributed by atoms with E-state index in [0.29, 0.717) is 0 Å². The molecule has 3 rings (SSSR count). The van der Waals surface area contributed by atoms with Crippen LogP contribution in [0.1, 0.15) is 22.8 Å². The zero-order valence-electron chi connectivity index (χ0n) is 13.9. The Bertz CT molecular complexity index is 720. The van der Waals surface area contributed by atoms with Gasteiger partial charge in [-0.3, -0.25) is 0 Å². The van der Waals surface area contributed by atoms with Crippen LogP contribution in [-0.4, -0.2) is 13.2 Å². The summed E-state index contributed by atoms with van der Waals surface area (Å²) in [6.45, 7) is 0. The summed E-state index contributed by atoms with van der Waals surface area (Å²) in [6, 6.07) is 22.5. The van der Waals surface area contributed by atoms with Crippen LogP contribution >= 0.6 is 0 Å². The average molecular weight is 321 g/mol. The van der Waals surface area contributed by atoms with E-state index in [0.717, 1.165) is 24.4 Å². The van der Waals surface area contributed by atoms with Crippen LogP contribution in [0.5, 0.6) is 5.75 Å². The van der Waals surface area contributed by atoms with Crippen molar-refractivity contribution < 1.29 is 9.15 Å². The van der Waals surface area contributed by atoms with Crippen LogP contribution < -0.4 is 10.5 Å². The molecule has 0 aliphatic carbocycles. The number of furan rings is 1. The van der Waals surface area contributed by atoms with Crippen molar-refractivity contribution in [3.63, 3.8) is 0 Å². The first-order valence-corrected chi connectivity index (χ1v) is 8.22. The van der Waals surface area contributed by atoms with Gasteiger partial charge >= 0.3 is 0 Å². The first-order valence-electron chi connectivity index (χ1n) is 8.22. The minimum atomic E-state index is -0.0133. The van der Waals surface area contributed by atoms with Crippen LogP contribution in [0.15, 0.2) is 77.4 Å². The van der Waals surface area contributed by atoms with Crippen LogP contribution in [0.3, 0.4) is 0 Å². The summed E-state index contributed by atoms with van der Waals surface area (Å²) in [4.78, 5) is 0. The van der Waals surface area contributed by atoms with E-state index in [-0.39, 0.29) is 12.0 Å². The lowest BCUT2D eigenvalue weighted by Gasteiger charge is -2.24. The molecule has 0 bridgehead atoms. The molecule has 0 aliphatic rings. The Morgan fingerprint density at radius 3 is 2.29 bits per heavy atom. The van der Waals surface area contributed by atoms with Crippen molar-refractivity contribution in [2.75, 3.05) is 7.11 Å². The molecule has 24 heavy (non-hydrogen) atoms. The normalized spacial score (nSPS) is 13.4. The molecule has 1 aromatic heterocycles. The highest BCUT2D eigenvalue weighted by Gasteiger charge is 2.21. The zero-order chi connectivity index (χ0) is 16.8. The minimum Gasteiger partial charge on any atom is -0.497 e. The van der Waals surface area contributed by atoms with E-state index in [1.807, 2.05) is 30.3 Å². The highest BCUT2D eigenvalue weighted by molar-refractivity contribution is 5.30. The molecule has 0 saturated carbocycles. The molecule has 3 nitrogen and oxygen atoms in total. The number of hydrogen-bond donors (Lipinski definition) is 1. The van der Waals surface area contributed by atoms with E-state index in [1.54, 1.807) is 13.4 Å². The molecule has 0 radical (unpaired) electrons. The standard InChI is InChI=1S/C21H23NO2/c1-23-18-11-9-16(10-12-18)14-20(17-6-3-2-4-7-17)21(22)15-19-8-5-13-24-19/h2-13,20-21H,14-15,22H2,1H3. The summed E-state index contributed by atoms with van der Waals surface area (Å²) in [5.74, 6) is 2.03. The third-order valence-corrected chi connectivity index (χ3v) is 4.38. The second kappa shape index (κ2) is 7.84. The van der Waals surface area contributed by atoms with Crippen molar-refractivity contribution in [1.82, 2.24) is 0 Å². The van der Waals surface area contributed by atoms with Crippen LogP contribution in [0, 0.1) is 0 Å². The van der Waals surface area contributed by atoms with Crippen LogP contribution in [-0.2, 0) is 12.8 Å². The van der Waals surface area contributed by atoms with Gasteiger partial charge in [-0.25, -0.2) is 0 Å². The number of hydrogen-bond acceptors (Lipinski definition) is 3. The maximum absolute atomic E-state index is 6.56. The number of rotatable bonds is 7. The largest absolute Gasteiger partial charge is 0.497 e. The Morgan fingerprint density at radius 1 is 0.917 bits per heavy atom. The first-order chi connectivity index (χ1) is 11.8. The van der Waals surface area contributed by atoms with Gasteiger partial charge in [0.05, 0.1) is 13.4 Å². The summed E-state index contributed by atoms with van der Waals surface area (Å²) >= 11 is 0. The Morgan fingerprint density at radius 2 is 1.67 bits per heavy atom. The fourth-order valence-electron chi connectivity index (χ4n) is 3.04. The molecule has 124 valence electrons. The summed E-state index contributed by atoms with van der Waals surface area (Å²) in [5.41, 5.74) is 9.07. The van der Waals surface area contributed by atoms with Gasteiger partial charge in [-0.2, -0.15) is 0 Å². The number of ether oxygens (including phenoxy) is 1. The Hall–Kier alpha value is -2.52. The summed E-state index contributed by atoms with van der Waals surface area (Å²) in [5, 5.41) is 0. The monoisotopic (exact) mass is 321 g/mol. The molecule has 2 N–H and O–H groups in total. The predicted molar refractivity (Wildman–Crippen MR) is 96.3 cm³/mol. The van der Waals surface area contributed by atoms with Gasteiger partial charge in [0.2, 0.25) is 0 Å². The Labute approximate surface area is 143 Å². The second-order valence-corrected chi connectivity index (χ2v) is 6.02. The fraction of sp³-hybridized carbons (Fsp3) is 0.238. The van der Waals surface area contributed by atoms with Gasteiger partial charge in [0.25, 0.3) is 0 Å². The van der Waals surface area contributed by atoms with Gasteiger partial charge < -0.3 is 14.9 Å². The zero-order valence-corrected chi connectivity index (χ0v) is 13.9. The van der Waals surface area contributed by atoms with E-state index >= 15 is 0 Å². The molecule has 0 fully saturated rings. The van der Waals surface area contributed by atoms with Crippen LogP contribution in [0.2, 0.25) is 0 Å². The van der Waals surface area contributed by atoms with Crippen molar-refractivity contribution in [3.8, 4) is 5.75 Å². The molecular formula is C21H23NO2. The maximum atomic E-state index is 6.56. The van der Waals surface area contributed by atoms with Crippen molar-refractivity contribution in [3.05, 3.63) is 89.9 Å². The topological polar surface area (TPSA) is 48.4 Å². The van der Waals surface area contributed by atoms with E-state index in [2.05, 4.69) is 36.4 Å². The number of benzene rings is 2. The number of methoxy groups -OCH3 is 1. The minimum absolute atomic E-state index is 0.0133. The smallest absolute Gasteiger partial charge is 0.118 e. The predicted octanol–water partition coefficient (Wildman–Crippen LogP) is 4.18. The maximum Gasteiger partial charge on any atom is 0.118 e. The summed E-state index contributed by atoms with van der Waals surface area (Å²) in [7, 11) is 1.68. The first kappa shape index (κ1) is 16.3. The molecule has 2 unspecified atom stereocenters. The van der Waals surface area contributed by atoms with Gasteiger partial charge in [0, 0.05) is 18.4 Å². The van der Waals surface area contributed by atoms with E-state index in [4.69, 9.17) is 14.9 Å². The Balaban J connectivity index is 1.81. The molecule has 2 atom stereocenters. The van der Waals surface area contributed by atoms with Crippen molar-refractivity contribution in [1.29, 1.82) is 0 Å². The molecule has 2 aromatic carbocycles. The molecule has 0 saturated heterocycles. The van der Waals surface area contributed by atoms with Gasteiger partial charge in [-0.15, -0.1) is 0 Å². The second-order valence-electron chi connectivity index (χ2n) is 6.02. The molecule has 3 heteroatoms. The van der Waals surface area contributed by atoms with Crippen molar-refractivity contribution in [2.24, 2.45) is 5.73 Å². The van der Waals surface area contributed by atoms with Crippen molar-refractivity contribution in [2.45, 2.75) is 24.8 Å². The van der Waals surface area contributed by atoms with Gasteiger partial charge in [-0.1, -0.05) is 42.5 Å². The van der Waals surface area contributed by atoms with Crippen LogP contribution in [0.25, 0.3) is 0 Å². The van der Waals surface area contributed by atoms with Gasteiger partial charge in [0.15, 0.2) is 0 Å². The lowest BCUT2D eigenvalue weighted by molar-refractivity contribution is 0.414. The molecule has 0 spiro atoms.